The van der Waals surface area contributed by atoms with E-state index in [0.29, 0.717) is 25.2 Å². The number of ketones is 1. The fourth-order valence-corrected chi connectivity index (χ4v) is 3.09. The summed E-state index contributed by atoms with van der Waals surface area (Å²) in [4.78, 5) is 26.9. The van der Waals surface area contributed by atoms with Crippen LogP contribution in [-0.2, 0) is 13.1 Å². The Hall–Kier alpha value is -3.40. The minimum Gasteiger partial charge on any atom is -0.338 e. The Morgan fingerprint density at radius 2 is 1.28 bits per heavy atom. The predicted molar refractivity (Wildman–Crippen MR) is 116 cm³/mol. The normalized spacial score (nSPS) is 10.4. The first kappa shape index (κ1) is 20.3. The number of hydrogen-bond acceptors (Lipinski definition) is 2. The van der Waals surface area contributed by atoms with E-state index in [4.69, 9.17) is 0 Å². The van der Waals surface area contributed by atoms with E-state index in [1.54, 1.807) is 4.90 Å². The van der Waals surface area contributed by atoms with Crippen molar-refractivity contribution in [1.82, 2.24) is 10.2 Å². The molecule has 0 fully saturated rings. The first-order valence-electron chi connectivity index (χ1n) is 9.82. The third-order valence-electron chi connectivity index (χ3n) is 4.72. The fraction of sp³-hybridized carbons (Fsp3) is 0.200. The van der Waals surface area contributed by atoms with Crippen molar-refractivity contribution in [2.24, 2.45) is 0 Å². The first-order chi connectivity index (χ1) is 14.1. The second-order valence-corrected chi connectivity index (χ2v) is 7.10. The van der Waals surface area contributed by atoms with Gasteiger partial charge < -0.3 is 10.2 Å². The minimum atomic E-state index is -0.172. The molecule has 0 aromatic heterocycles. The van der Waals surface area contributed by atoms with Gasteiger partial charge in [-0.05, 0) is 18.1 Å². The molecule has 0 atom stereocenters. The molecule has 3 aromatic rings. The monoisotopic (exact) mass is 386 g/mol. The van der Waals surface area contributed by atoms with Crippen molar-refractivity contribution >= 4 is 11.8 Å². The van der Waals surface area contributed by atoms with Crippen LogP contribution in [0.4, 0.5) is 4.79 Å². The van der Waals surface area contributed by atoms with Gasteiger partial charge in [0, 0.05) is 31.6 Å². The Kier molecular flexibility index (Phi) is 7.17. The Morgan fingerprint density at radius 3 is 1.79 bits per heavy atom. The zero-order chi connectivity index (χ0) is 20.5. The molecular formula is C25H26N2O2. The van der Waals surface area contributed by atoms with Crippen LogP contribution in [0.25, 0.3) is 0 Å². The second kappa shape index (κ2) is 10.2. The smallest absolute Gasteiger partial charge is 0.318 e. The van der Waals surface area contributed by atoms with Gasteiger partial charge in [0.1, 0.15) is 0 Å². The van der Waals surface area contributed by atoms with Gasteiger partial charge in [0.2, 0.25) is 0 Å². The molecule has 2 amide bonds. The minimum absolute atomic E-state index is 0.0305. The molecule has 0 aliphatic rings. The number of urea groups is 1. The molecule has 0 unspecified atom stereocenters. The number of Topliss-reactive ketones (excluding diaryl/α,β-unsaturated/α-hetero) is 1. The summed E-state index contributed by atoms with van der Waals surface area (Å²) in [5.41, 5.74) is 3.92. The lowest BCUT2D eigenvalue weighted by molar-refractivity contribution is 0.0982. The Morgan fingerprint density at radius 1 is 0.759 bits per heavy atom. The highest BCUT2D eigenvalue weighted by Crippen LogP contribution is 2.11. The van der Waals surface area contributed by atoms with Crippen molar-refractivity contribution in [2.75, 3.05) is 6.54 Å². The van der Waals surface area contributed by atoms with E-state index in [1.165, 1.54) is 0 Å². The van der Waals surface area contributed by atoms with Crippen molar-refractivity contribution in [1.29, 1.82) is 0 Å². The highest BCUT2D eigenvalue weighted by molar-refractivity contribution is 5.96. The maximum atomic E-state index is 12.8. The summed E-state index contributed by atoms with van der Waals surface area (Å²) in [6, 6.07) is 27.1. The van der Waals surface area contributed by atoms with Crippen molar-refractivity contribution < 1.29 is 9.59 Å². The van der Waals surface area contributed by atoms with E-state index in [0.717, 1.165) is 16.7 Å². The van der Waals surface area contributed by atoms with Crippen molar-refractivity contribution in [3.63, 3.8) is 0 Å². The van der Waals surface area contributed by atoms with Crippen molar-refractivity contribution in [3.8, 4) is 0 Å². The van der Waals surface area contributed by atoms with Gasteiger partial charge in [-0.3, -0.25) is 4.79 Å². The third-order valence-corrected chi connectivity index (χ3v) is 4.72. The number of nitrogens with one attached hydrogen (secondary N) is 1. The van der Waals surface area contributed by atoms with Crippen LogP contribution < -0.4 is 5.32 Å². The van der Waals surface area contributed by atoms with Crippen molar-refractivity contribution in [3.05, 3.63) is 107 Å². The van der Waals surface area contributed by atoms with Gasteiger partial charge in [-0.25, -0.2) is 4.79 Å². The largest absolute Gasteiger partial charge is 0.338 e. The molecule has 3 aromatic carbocycles. The molecule has 0 bridgehead atoms. The molecule has 4 heteroatoms. The molecule has 0 saturated carbocycles. The lowest BCUT2D eigenvalue weighted by Gasteiger charge is -2.23. The number of aryl methyl sites for hydroxylation is 1. The molecule has 0 spiro atoms. The summed E-state index contributed by atoms with van der Waals surface area (Å²) < 4.78 is 0. The number of carbonyl (C=O) groups is 2. The SMILES string of the molecule is Cc1ccc(C(=O)CCNC(=O)N(Cc2ccccc2)Cc2ccccc2)cc1. The van der Waals surface area contributed by atoms with Crippen LogP contribution in [-0.4, -0.2) is 23.3 Å². The number of hydrogen-bond donors (Lipinski definition) is 1. The quantitative estimate of drug-likeness (QED) is 0.555. The van der Waals surface area contributed by atoms with E-state index in [1.807, 2.05) is 91.9 Å². The van der Waals surface area contributed by atoms with Crippen LogP contribution >= 0.6 is 0 Å². The van der Waals surface area contributed by atoms with Gasteiger partial charge in [0.05, 0.1) is 0 Å². The number of nitrogens with zero attached hydrogens (tertiary/aromatic N) is 1. The van der Waals surface area contributed by atoms with E-state index in [2.05, 4.69) is 5.32 Å². The van der Waals surface area contributed by atoms with Crippen LogP contribution in [0.15, 0.2) is 84.9 Å². The molecule has 0 aliphatic heterocycles. The van der Waals surface area contributed by atoms with E-state index in [9.17, 15) is 9.59 Å². The molecule has 0 radical (unpaired) electrons. The standard InChI is InChI=1S/C25H26N2O2/c1-20-12-14-23(15-13-20)24(28)16-17-26-25(29)27(18-21-8-4-2-5-9-21)19-22-10-6-3-7-11-22/h2-15H,16-19H2,1H3,(H,26,29). The summed E-state index contributed by atoms with van der Waals surface area (Å²) in [6.07, 6.45) is 0.277. The summed E-state index contributed by atoms with van der Waals surface area (Å²) >= 11 is 0. The fourth-order valence-electron chi connectivity index (χ4n) is 3.09. The van der Waals surface area contributed by atoms with Crippen LogP contribution in [0.2, 0.25) is 0 Å². The Labute approximate surface area is 172 Å². The molecule has 148 valence electrons. The average Bonchev–Trinajstić information content (AvgIpc) is 2.75. The Bertz CT molecular complexity index is 881. The maximum Gasteiger partial charge on any atom is 0.318 e. The van der Waals surface area contributed by atoms with Gasteiger partial charge >= 0.3 is 6.03 Å². The van der Waals surface area contributed by atoms with Gasteiger partial charge in [-0.15, -0.1) is 0 Å². The first-order valence-corrected chi connectivity index (χ1v) is 9.82. The van der Waals surface area contributed by atoms with Gasteiger partial charge in [-0.2, -0.15) is 0 Å². The van der Waals surface area contributed by atoms with Crippen molar-refractivity contribution in [2.45, 2.75) is 26.4 Å². The molecule has 0 aliphatic carbocycles. The number of amides is 2. The van der Waals surface area contributed by atoms with Crippen LogP contribution in [0.3, 0.4) is 0 Å². The molecule has 29 heavy (non-hydrogen) atoms. The van der Waals surface area contributed by atoms with E-state index < -0.39 is 0 Å². The van der Waals surface area contributed by atoms with Crippen LogP contribution in [0.5, 0.6) is 0 Å². The average molecular weight is 386 g/mol. The lowest BCUT2D eigenvalue weighted by Crippen LogP contribution is -2.40. The van der Waals surface area contributed by atoms with Gasteiger partial charge in [0.15, 0.2) is 5.78 Å². The zero-order valence-electron chi connectivity index (χ0n) is 16.7. The van der Waals surface area contributed by atoms with E-state index in [-0.39, 0.29) is 18.2 Å². The topological polar surface area (TPSA) is 49.4 Å². The van der Waals surface area contributed by atoms with Crippen LogP contribution in [0, 0.1) is 6.92 Å². The summed E-state index contributed by atoms with van der Waals surface area (Å²) in [7, 11) is 0. The molecule has 4 nitrogen and oxygen atoms in total. The number of rotatable bonds is 8. The van der Waals surface area contributed by atoms with Gasteiger partial charge in [-0.1, -0.05) is 90.5 Å². The zero-order valence-corrected chi connectivity index (χ0v) is 16.7. The highest BCUT2D eigenvalue weighted by atomic mass is 16.2. The molecular weight excluding hydrogens is 360 g/mol. The van der Waals surface area contributed by atoms with E-state index >= 15 is 0 Å². The second-order valence-electron chi connectivity index (χ2n) is 7.10. The summed E-state index contributed by atoms with van der Waals surface area (Å²) in [6.45, 7) is 3.31. The summed E-state index contributed by atoms with van der Waals surface area (Å²) in [5.74, 6) is 0.0305. The summed E-state index contributed by atoms with van der Waals surface area (Å²) in [5, 5.41) is 2.90. The molecule has 0 saturated heterocycles. The Balaban J connectivity index is 1.59. The third kappa shape index (κ3) is 6.32. The molecule has 3 rings (SSSR count). The predicted octanol–water partition coefficient (Wildman–Crippen LogP) is 4.98. The maximum absolute atomic E-state index is 12.8. The number of benzene rings is 3. The highest BCUT2D eigenvalue weighted by Gasteiger charge is 2.15. The van der Waals surface area contributed by atoms with Gasteiger partial charge in [0.25, 0.3) is 0 Å². The lowest BCUT2D eigenvalue weighted by atomic mass is 10.1. The van der Waals surface area contributed by atoms with Crippen LogP contribution in [0.1, 0.15) is 33.5 Å². The molecule has 1 N–H and O–H groups in total. The number of carbonyl (C=O) groups excluding carboxylic acids is 2. The molecule has 0 heterocycles.